The van der Waals surface area contributed by atoms with Crippen LogP contribution in [0.5, 0.6) is 0 Å². The Labute approximate surface area is 526 Å². The summed E-state index contributed by atoms with van der Waals surface area (Å²) >= 11 is 7.10. The average molecular weight is 1290 g/mol. The van der Waals surface area contributed by atoms with E-state index in [-0.39, 0.29) is 59.1 Å². The van der Waals surface area contributed by atoms with Gasteiger partial charge in [0.2, 0.25) is 17.7 Å². The van der Waals surface area contributed by atoms with Gasteiger partial charge in [0.05, 0.1) is 39.4 Å². The topological polar surface area (TPSA) is 308 Å². The zero-order chi connectivity index (χ0) is 61.7. The molecule has 8 atom stereocenters. The second-order valence-corrected chi connectivity index (χ2v) is 29.4. The monoisotopic (exact) mass is 1290 g/mol. The van der Waals surface area contributed by atoms with Crippen molar-refractivity contribution in [3.05, 3.63) is 71.8 Å². The third-order valence-corrected chi connectivity index (χ3v) is 20.2. The van der Waals surface area contributed by atoms with Gasteiger partial charge in [0.15, 0.2) is 6.10 Å². The number of nitrogens with one attached hydrogen (secondary N) is 5. The molecule has 10 N–H and O–H groups in total. The molecule has 26 heteroatoms. The van der Waals surface area contributed by atoms with Gasteiger partial charge in [-0.15, -0.1) is 59.5 Å². The van der Waals surface area contributed by atoms with E-state index < -0.39 is 89.4 Å². The van der Waals surface area contributed by atoms with E-state index in [9.17, 15) is 53.7 Å². The van der Waals surface area contributed by atoms with E-state index in [2.05, 4.69) is 26.6 Å². The van der Waals surface area contributed by atoms with Gasteiger partial charge in [0.1, 0.15) is 29.4 Å². The van der Waals surface area contributed by atoms with Gasteiger partial charge in [0.25, 0.3) is 11.8 Å². The summed E-state index contributed by atoms with van der Waals surface area (Å²) in [5, 5.41) is 43.3. The first-order valence-electron chi connectivity index (χ1n) is 28.5. The molecule has 85 heavy (non-hydrogen) atoms. The molecule has 2 aromatic rings. The molecule has 4 fully saturated rings. The summed E-state index contributed by atoms with van der Waals surface area (Å²) in [6.45, 7) is 18.6. The van der Waals surface area contributed by atoms with Crippen LogP contribution < -0.4 is 32.3 Å². The standard InChI is InChI=1S/C29H44N4O6S2.C16H25N3O3.C13H21NO4S2.CH4.ClH/c1-6-11-21(24(35)26(37)30-17-23(34)31-19(2)20-12-8-7-9-13-20)32-25(36)22-16-29(40-14-10-15-41-29)18-33(22)27(38)39-28(3,4)5;1-3-7-13(17)15(21)16(22)18-10-14(20)19-11(2)12-8-5-4-6-9-12;1-12(2,3)18-11(17)14-8-13(7-9(14)10(15)16)19-5-4-6-20-13;;/h7-9,12-13,19,21-22,24,35H,6,10-11,14-18H2,1-5H3,(H,30,37)(H,31,34)(H,32,36);4-6,8-9,11,13,15,21H,3,7,10,17H2,1-2H3,(H,18,22)(H,19,20);9H,4-8H2,1-3H3,(H,15,16);1H4;1H/t19-,21?,22+,24?;11-,13?,15?;9-;;/m110../s1. The highest BCUT2D eigenvalue weighted by atomic mass is 35.5. The molecule has 0 saturated carbocycles. The maximum absolute atomic E-state index is 13.6. The molecule has 4 heterocycles. The summed E-state index contributed by atoms with van der Waals surface area (Å²) in [5.74, 6) is 0.504. The van der Waals surface area contributed by atoms with Crippen LogP contribution >= 0.6 is 59.5 Å². The Morgan fingerprint density at radius 3 is 1.38 bits per heavy atom. The molecule has 6 rings (SSSR count). The Balaban J connectivity index is 0.000000473. The van der Waals surface area contributed by atoms with E-state index in [1.165, 1.54) is 9.80 Å². The highest BCUT2D eigenvalue weighted by Crippen LogP contribution is 2.52. The number of carbonyl (C=O) groups is 8. The van der Waals surface area contributed by atoms with E-state index in [0.717, 1.165) is 53.4 Å². The van der Waals surface area contributed by atoms with Crippen molar-refractivity contribution in [3.63, 3.8) is 0 Å². The third-order valence-electron chi connectivity index (χ3n) is 13.5. The lowest BCUT2D eigenvalue weighted by Crippen LogP contribution is -2.55. The maximum Gasteiger partial charge on any atom is 0.411 e. The quantitative estimate of drug-likeness (QED) is 0.0663. The number of aliphatic hydroxyl groups excluding tert-OH is 2. The van der Waals surface area contributed by atoms with Crippen LogP contribution in [-0.2, 0) is 38.2 Å². The van der Waals surface area contributed by atoms with Gasteiger partial charge in [-0.1, -0.05) is 94.8 Å². The molecule has 4 aliphatic heterocycles. The van der Waals surface area contributed by atoms with Crippen LogP contribution in [0.25, 0.3) is 0 Å². The molecule has 7 amide bonds. The van der Waals surface area contributed by atoms with Crippen molar-refractivity contribution in [2.75, 3.05) is 49.2 Å². The number of likely N-dealkylation sites (tertiary alicyclic amines) is 2. The first-order valence-corrected chi connectivity index (χ1v) is 32.4. The Morgan fingerprint density at radius 2 is 1.00 bits per heavy atom. The number of hydrogen-bond donors (Lipinski definition) is 9. The zero-order valence-corrected chi connectivity index (χ0v) is 54.2. The Kier molecular flexibility index (Phi) is 32.4. The summed E-state index contributed by atoms with van der Waals surface area (Å²) in [6, 6.07) is 15.5. The minimum Gasteiger partial charge on any atom is -0.480 e. The second kappa shape index (κ2) is 36.0. The van der Waals surface area contributed by atoms with Crippen molar-refractivity contribution >= 4 is 107 Å². The normalized spacial score (nSPS) is 19.8. The molecule has 21 nitrogen and oxygen atoms in total. The predicted molar refractivity (Wildman–Crippen MR) is 343 cm³/mol. The largest absolute Gasteiger partial charge is 0.480 e. The first-order chi connectivity index (χ1) is 39.0. The molecule has 4 aliphatic rings. The molecule has 4 saturated heterocycles. The van der Waals surface area contributed by atoms with Crippen molar-refractivity contribution in [1.82, 2.24) is 36.4 Å². The van der Waals surface area contributed by atoms with Gasteiger partial charge in [0, 0.05) is 32.0 Å². The highest BCUT2D eigenvalue weighted by Gasteiger charge is 2.53. The van der Waals surface area contributed by atoms with Crippen LogP contribution in [-0.4, -0.2) is 178 Å². The van der Waals surface area contributed by atoms with Crippen LogP contribution in [0, 0.1) is 0 Å². The number of carboxylic acids is 1. The summed E-state index contributed by atoms with van der Waals surface area (Å²) in [6.07, 6.45) is 1.49. The maximum atomic E-state index is 13.6. The van der Waals surface area contributed by atoms with Crippen molar-refractivity contribution in [2.24, 2.45) is 5.73 Å². The Bertz CT molecular complexity index is 2450. The van der Waals surface area contributed by atoms with Gasteiger partial charge in [-0.05, 0) is 115 Å². The van der Waals surface area contributed by atoms with Crippen LogP contribution in [0.1, 0.15) is 151 Å². The summed E-state index contributed by atoms with van der Waals surface area (Å²) < 4.78 is 10.5. The lowest BCUT2D eigenvalue weighted by molar-refractivity contribution is -0.142. The summed E-state index contributed by atoms with van der Waals surface area (Å²) in [5.41, 5.74) is 6.26. The number of nitrogens with two attached hydrogens (primary N) is 1. The minimum absolute atomic E-state index is 0. The smallest absolute Gasteiger partial charge is 0.411 e. The highest BCUT2D eigenvalue weighted by molar-refractivity contribution is 8.19. The molecular weight excluding hydrogens is 1190 g/mol. The second-order valence-electron chi connectivity index (χ2n) is 23.0. The van der Waals surface area contributed by atoms with Crippen molar-refractivity contribution in [2.45, 2.75) is 196 Å². The van der Waals surface area contributed by atoms with Gasteiger partial charge in [-0.3, -0.25) is 33.8 Å². The minimum atomic E-state index is -1.57. The zero-order valence-electron chi connectivity index (χ0n) is 50.1. The van der Waals surface area contributed by atoms with E-state index in [1.807, 2.05) is 88.4 Å². The van der Waals surface area contributed by atoms with Gasteiger partial charge in [-0.2, -0.15) is 0 Å². The molecule has 0 aromatic heterocycles. The number of hydrogen-bond acceptors (Lipinski definition) is 17. The number of ether oxygens (including phenoxy) is 2. The molecule has 4 unspecified atom stereocenters. The SMILES string of the molecule is C.CC(C)(C)OC(=O)N1CC2(C[C@H]1C(=O)O)SCCCS2.CCCC(N)C(O)C(=O)NCC(=O)N[C@H](C)c1ccccc1.CCCC(NC(=O)[C@@H]1CC2(CN1C(=O)OC(C)(C)C)SCCCS2)C(O)C(=O)NCC(=O)N[C@H](C)c1ccccc1.Cl. The van der Waals surface area contributed by atoms with Gasteiger partial charge >= 0.3 is 18.2 Å². The third kappa shape index (κ3) is 25.2. The fourth-order valence-electron chi connectivity index (χ4n) is 9.36. The van der Waals surface area contributed by atoms with Crippen molar-refractivity contribution in [3.8, 4) is 0 Å². The van der Waals surface area contributed by atoms with Crippen LogP contribution in [0.2, 0.25) is 0 Å². The average Bonchev–Trinajstić information content (AvgIpc) is 1.83. The van der Waals surface area contributed by atoms with E-state index in [4.69, 9.17) is 15.2 Å². The number of halogens is 1. The molecule has 0 bridgehead atoms. The van der Waals surface area contributed by atoms with E-state index >= 15 is 0 Å². The lowest BCUT2D eigenvalue weighted by Gasteiger charge is -2.32. The molecule has 480 valence electrons. The fourth-order valence-corrected chi connectivity index (χ4v) is 16.1. The lowest BCUT2D eigenvalue weighted by atomic mass is 10.0. The molecule has 2 aromatic carbocycles. The van der Waals surface area contributed by atoms with E-state index in [0.29, 0.717) is 45.2 Å². The van der Waals surface area contributed by atoms with Crippen LogP contribution in [0.4, 0.5) is 9.59 Å². The first kappa shape index (κ1) is 76.5. The molecule has 2 spiro atoms. The number of carbonyl (C=O) groups excluding carboxylic acids is 7. The molecular formula is C59H95ClN8O13S4. The number of rotatable bonds is 19. The fraction of sp³-hybridized carbons (Fsp3) is 0.661. The number of carboxylic acid groups (broad SMARTS) is 1. The summed E-state index contributed by atoms with van der Waals surface area (Å²) in [7, 11) is 0. The summed E-state index contributed by atoms with van der Waals surface area (Å²) in [4.78, 5) is 102. The number of benzene rings is 2. The van der Waals surface area contributed by atoms with Gasteiger partial charge in [-0.25, -0.2) is 14.4 Å². The van der Waals surface area contributed by atoms with Gasteiger partial charge < -0.3 is 57.1 Å². The van der Waals surface area contributed by atoms with Crippen molar-refractivity contribution < 1.29 is 63.1 Å². The predicted octanol–water partition coefficient (Wildman–Crippen LogP) is 7.37. The number of aliphatic hydroxyl groups is 2. The number of aliphatic carboxylic acids is 1. The Hall–Kier alpha value is -4.63. The molecule has 0 radical (unpaired) electrons. The van der Waals surface area contributed by atoms with Crippen LogP contribution in [0.3, 0.4) is 0 Å². The molecule has 0 aliphatic carbocycles. The number of nitrogens with zero attached hydrogens (tertiary/aromatic N) is 2. The number of amides is 7. The van der Waals surface area contributed by atoms with Crippen LogP contribution in [0.15, 0.2) is 60.7 Å². The Morgan fingerprint density at radius 1 is 0.624 bits per heavy atom. The van der Waals surface area contributed by atoms with Crippen molar-refractivity contribution in [1.29, 1.82) is 0 Å². The van der Waals surface area contributed by atoms with E-state index in [1.54, 1.807) is 88.6 Å². The number of thioether (sulfide) groups is 4.